The van der Waals surface area contributed by atoms with Crippen molar-refractivity contribution in [2.75, 3.05) is 6.61 Å². The summed E-state index contributed by atoms with van der Waals surface area (Å²) in [4.78, 5) is 12.4. The van der Waals surface area contributed by atoms with Gasteiger partial charge in [0, 0.05) is 5.56 Å². The first-order valence-corrected chi connectivity index (χ1v) is 7.19. The first-order valence-electron chi connectivity index (χ1n) is 6.31. The number of carbonyl (C=O) groups is 1. The number of aliphatic hydroxyl groups excluding tert-OH is 1. The van der Waals surface area contributed by atoms with Crippen LogP contribution in [0.3, 0.4) is 0 Å². The fraction of sp³-hybridized carbons (Fsp3) is 0.143. The van der Waals surface area contributed by atoms with Gasteiger partial charge in [0.2, 0.25) is 0 Å². The predicted molar refractivity (Wildman–Crippen MR) is 78.1 cm³/mol. The number of carbonyl (C=O) groups excluding carboxylic acids is 1. The van der Waals surface area contributed by atoms with Gasteiger partial charge in [0.1, 0.15) is 6.61 Å². The molecular weight excluding hydrogens is 288 g/mol. The quantitative estimate of drug-likeness (QED) is 0.724. The summed E-state index contributed by atoms with van der Waals surface area (Å²) >= 11 is 1.58. The van der Waals surface area contributed by atoms with Gasteiger partial charge in [0.25, 0.3) is 0 Å². The van der Waals surface area contributed by atoms with Crippen LogP contribution in [0.2, 0.25) is 0 Å². The van der Waals surface area contributed by atoms with E-state index in [2.05, 4.69) is 15.5 Å². The SMILES string of the molecule is O=C(CO)c1ccc(Cn2nnnc2-c2cccs2)cc1. The molecule has 2 aromatic heterocycles. The summed E-state index contributed by atoms with van der Waals surface area (Å²) in [5.74, 6) is 0.434. The highest BCUT2D eigenvalue weighted by Crippen LogP contribution is 2.22. The molecule has 0 amide bonds. The van der Waals surface area contributed by atoms with Crippen LogP contribution in [0.4, 0.5) is 0 Å². The van der Waals surface area contributed by atoms with Gasteiger partial charge in [-0.3, -0.25) is 4.79 Å². The molecule has 0 saturated carbocycles. The fourth-order valence-corrected chi connectivity index (χ4v) is 2.67. The molecule has 6 nitrogen and oxygen atoms in total. The number of rotatable bonds is 5. The molecule has 21 heavy (non-hydrogen) atoms. The molecule has 0 aliphatic carbocycles. The Balaban J connectivity index is 1.82. The van der Waals surface area contributed by atoms with Gasteiger partial charge in [-0.1, -0.05) is 30.3 Å². The van der Waals surface area contributed by atoms with Crippen LogP contribution in [0.1, 0.15) is 15.9 Å². The number of hydrogen-bond donors (Lipinski definition) is 1. The maximum Gasteiger partial charge on any atom is 0.192 e. The fourth-order valence-electron chi connectivity index (χ4n) is 1.95. The largest absolute Gasteiger partial charge is 0.388 e. The summed E-state index contributed by atoms with van der Waals surface area (Å²) < 4.78 is 1.72. The topological polar surface area (TPSA) is 80.9 Å². The minimum absolute atomic E-state index is 0.289. The van der Waals surface area contributed by atoms with E-state index >= 15 is 0 Å². The van der Waals surface area contributed by atoms with E-state index in [0.29, 0.717) is 12.1 Å². The number of Topliss-reactive ketones (excluding diaryl/α,β-unsaturated/α-hetero) is 1. The minimum atomic E-state index is -0.477. The Bertz CT molecular complexity index is 735. The average molecular weight is 300 g/mol. The van der Waals surface area contributed by atoms with Crippen molar-refractivity contribution in [3.05, 3.63) is 52.9 Å². The molecule has 0 radical (unpaired) electrons. The van der Waals surface area contributed by atoms with Crippen molar-refractivity contribution >= 4 is 17.1 Å². The predicted octanol–water partition coefficient (Wildman–Crippen LogP) is 1.62. The van der Waals surface area contributed by atoms with Crippen LogP contribution in [0, 0.1) is 0 Å². The molecule has 106 valence electrons. The van der Waals surface area contributed by atoms with Crippen LogP contribution in [-0.2, 0) is 6.54 Å². The molecule has 0 bridgehead atoms. The number of hydrogen-bond acceptors (Lipinski definition) is 6. The number of aromatic nitrogens is 4. The van der Waals surface area contributed by atoms with Crippen molar-refractivity contribution < 1.29 is 9.90 Å². The van der Waals surface area contributed by atoms with Crippen LogP contribution >= 0.6 is 11.3 Å². The maximum absolute atomic E-state index is 11.4. The normalized spacial score (nSPS) is 10.7. The molecule has 3 aromatic rings. The number of benzene rings is 1. The Morgan fingerprint density at radius 1 is 1.24 bits per heavy atom. The van der Waals surface area contributed by atoms with Crippen LogP contribution in [-0.4, -0.2) is 37.7 Å². The molecule has 0 saturated heterocycles. The molecule has 0 spiro atoms. The summed E-state index contributed by atoms with van der Waals surface area (Å²) in [6.45, 7) is 0.0443. The van der Waals surface area contributed by atoms with E-state index in [-0.39, 0.29) is 5.78 Å². The zero-order valence-corrected chi connectivity index (χ0v) is 11.8. The molecule has 0 aliphatic rings. The lowest BCUT2D eigenvalue weighted by Gasteiger charge is -2.04. The first-order chi connectivity index (χ1) is 10.3. The smallest absolute Gasteiger partial charge is 0.192 e. The third-order valence-corrected chi connectivity index (χ3v) is 3.89. The lowest BCUT2D eigenvalue weighted by atomic mass is 10.1. The highest BCUT2D eigenvalue weighted by atomic mass is 32.1. The second kappa shape index (κ2) is 5.94. The van der Waals surface area contributed by atoms with Crippen LogP contribution in [0.25, 0.3) is 10.7 Å². The third-order valence-electron chi connectivity index (χ3n) is 3.03. The number of aliphatic hydroxyl groups is 1. The Morgan fingerprint density at radius 3 is 2.71 bits per heavy atom. The van der Waals surface area contributed by atoms with Crippen molar-refractivity contribution in [3.63, 3.8) is 0 Å². The molecule has 0 fully saturated rings. The van der Waals surface area contributed by atoms with Gasteiger partial charge in [-0.2, -0.15) is 0 Å². The van der Waals surface area contributed by atoms with Crippen molar-refractivity contribution in [2.24, 2.45) is 0 Å². The van der Waals surface area contributed by atoms with E-state index < -0.39 is 6.61 Å². The number of tetrazole rings is 1. The molecule has 1 N–H and O–H groups in total. The number of thiophene rings is 1. The molecule has 2 heterocycles. The van der Waals surface area contributed by atoms with E-state index in [9.17, 15) is 4.79 Å². The first kappa shape index (κ1) is 13.6. The Hall–Kier alpha value is -2.38. The average Bonchev–Trinajstić information content (AvgIpc) is 3.18. The molecule has 1 aromatic carbocycles. The zero-order valence-electron chi connectivity index (χ0n) is 11.0. The number of nitrogens with zero attached hydrogens (tertiary/aromatic N) is 4. The van der Waals surface area contributed by atoms with Gasteiger partial charge in [-0.15, -0.1) is 16.4 Å². The van der Waals surface area contributed by atoms with Crippen molar-refractivity contribution in [1.82, 2.24) is 20.2 Å². The van der Waals surface area contributed by atoms with Crippen LogP contribution in [0.5, 0.6) is 0 Å². The summed E-state index contributed by atoms with van der Waals surface area (Å²) in [7, 11) is 0. The molecule has 0 aliphatic heterocycles. The van der Waals surface area contributed by atoms with Crippen LogP contribution < -0.4 is 0 Å². The molecular formula is C14H12N4O2S. The van der Waals surface area contributed by atoms with E-state index in [4.69, 9.17) is 5.11 Å². The maximum atomic E-state index is 11.4. The zero-order chi connectivity index (χ0) is 14.7. The lowest BCUT2D eigenvalue weighted by molar-refractivity contribution is 0.0903. The van der Waals surface area contributed by atoms with Gasteiger partial charge in [0.15, 0.2) is 11.6 Å². The van der Waals surface area contributed by atoms with Gasteiger partial charge < -0.3 is 5.11 Å². The standard InChI is InChI=1S/C14H12N4O2S/c19-9-12(20)11-5-3-10(4-6-11)8-18-14(15-16-17-18)13-2-1-7-21-13/h1-7,19H,8-9H2. The second-order valence-electron chi connectivity index (χ2n) is 4.42. The minimum Gasteiger partial charge on any atom is -0.388 e. The highest BCUT2D eigenvalue weighted by molar-refractivity contribution is 7.13. The Morgan fingerprint density at radius 2 is 2.05 bits per heavy atom. The van der Waals surface area contributed by atoms with E-state index in [1.54, 1.807) is 28.2 Å². The van der Waals surface area contributed by atoms with E-state index in [1.165, 1.54) is 0 Å². The lowest BCUT2D eigenvalue weighted by Crippen LogP contribution is -2.06. The molecule has 3 rings (SSSR count). The molecule has 0 atom stereocenters. The third kappa shape index (κ3) is 2.88. The highest BCUT2D eigenvalue weighted by Gasteiger charge is 2.10. The summed E-state index contributed by atoms with van der Waals surface area (Å²) in [6, 6.07) is 11.0. The summed E-state index contributed by atoms with van der Waals surface area (Å²) in [6.07, 6.45) is 0. The monoisotopic (exact) mass is 300 g/mol. The van der Waals surface area contributed by atoms with Crippen LogP contribution in [0.15, 0.2) is 41.8 Å². The van der Waals surface area contributed by atoms with Crippen molar-refractivity contribution in [2.45, 2.75) is 6.54 Å². The van der Waals surface area contributed by atoms with Crippen molar-refractivity contribution in [1.29, 1.82) is 0 Å². The van der Waals surface area contributed by atoms with E-state index in [1.807, 2.05) is 29.6 Å². The van der Waals surface area contributed by atoms with Crippen molar-refractivity contribution in [3.8, 4) is 10.7 Å². The van der Waals surface area contributed by atoms with Gasteiger partial charge in [0.05, 0.1) is 11.4 Å². The van der Waals surface area contributed by atoms with Gasteiger partial charge in [-0.05, 0) is 27.4 Å². The van der Waals surface area contributed by atoms with Gasteiger partial charge >= 0.3 is 0 Å². The summed E-state index contributed by atoms with van der Waals surface area (Å²) in [5.41, 5.74) is 1.48. The van der Waals surface area contributed by atoms with Gasteiger partial charge in [-0.25, -0.2) is 4.68 Å². The second-order valence-corrected chi connectivity index (χ2v) is 5.36. The summed E-state index contributed by atoms with van der Waals surface area (Å²) in [5, 5.41) is 22.6. The Labute approximate surface area is 124 Å². The molecule has 7 heteroatoms. The molecule has 0 unspecified atom stereocenters. The van der Waals surface area contributed by atoms with E-state index in [0.717, 1.165) is 16.3 Å². The number of ketones is 1. The Kier molecular flexibility index (Phi) is 3.85.